The molecule has 0 spiro atoms. The Balaban J connectivity index is 1.32. The summed E-state index contributed by atoms with van der Waals surface area (Å²) in [4.78, 5) is 9.91. The fraction of sp³-hybridized carbons (Fsp3) is 0.316. The van der Waals surface area contributed by atoms with Crippen molar-refractivity contribution in [3.8, 4) is 11.1 Å². The summed E-state index contributed by atoms with van der Waals surface area (Å²) in [5, 5.41) is 7.42. The Bertz CT molecular complexity index is 1580. The molecule has 0 radical (unpaired) electrons. The number of nitrogens with one attached hydrogen (secondary N) is 2. The van der Waals surface area contributed by atoms with Crippen LogP contribution in [0.25, 0.3) is 11.1 Å². The van der Waals surface area contributed by atoms with E-state index in [0.717, 1.165) is 45.0 Å². The Morgan fingerprint density at radius 1 is 0.477 bits per heavy atom. The van der Waals surface area contributed by atoms with Crippen molar-refractivity contribution in [3.05, 3.63) is 108 Å². The second-order valence-corrected chi connectivity index (χ2v) is 13.7. The van der Waals surface area contributed by atoms with E-state index in [2.05, 4.69) is 125 Å². The number of aliphatic imine (C=N–C) groups is 2. The first-order valence-corrected chi connectivity index (χ1v) is 15.4. The smallest absolute Gasteiger partial charge is 0.218 e. The molecule has 4 aromatic rings. The van der Waals surface area contributed by atoms with E-state index in [4.69, 9.17) is 19.5 Å². The summed E-state index contributed by atoms with van der Waals surface area (Å²) >= 11 is 0. The maximum atomic E-state index is 6.12. The molecule has 6 nitrogen and oxygen atoms in total. The predicted octanol–water partition coefficient (Wildman–Crippen LogP) is 9.22. The fourth-order valence-electron chi connectivity index (χ4n) is 5.43. The zero-order valence-electron chi connectivity index (χ0n) is 26.5. The van der Waals surface area contributed by atoms with E-state index in [0.29, 0.717) is 25.0 Å². The van der Waals surface area contributed by atoms with Gasteiger partial charge in [-0.05, 0) is 47.2 Å². The molecule has 0 saturated heterocycles. The van der Waals surface area contributed by atoms with Crippen molar-refractivity contribution < 1.29 is 9.47 Å². The van der Waals surface area contributed by atoms with Gasteiger partial charge < -0.3 is 20.1 Å². The molecular formula is C38H42N4O2. The number of ether oxygens (including phenoxy) is 2. The first kappa shape index (κ1) is 29.5. The van der Waals surface area contributed by atoms with Crippen LogP contribution in [0, 0.1) is 10.8 Å². The van der Waals surface area contributed by atoms with E-state index in [1.54, 1.807) is 0 Å². The summed E-state index contributed by atoms with van der Waals surface area (Å²) < 4.78 is 12.2. The van der Waals surface area contributed by atoms with Crippen LogP contribution >= 0.6 is 0 Å². The molecule has 0 bridgehead atoms. The number of rotatable bonds is 7. The lowest BCUT2D eigenvalue weighted by Gasteiger charge is -2.21. The maximum absolute atomic E-state index is 6.12. The molecule has 2 atom stereocenters. The topological polar surface area (TPSA) is 67.2 Å². The predicted molar refractivity (Wildman–Crippen MR) is 183 cm³/mol. The maximum Gasteiger partial charge on any atom is 0.218 e. The molecular weight excluding hydrogens is 544 g/mol. The number of nitrogens with zero attached hydrogens (tertiary/aromatic N) is 2. The molecule has 0 saturated carbocycles. The molecule has 6 rings (SSSR count). The van der Waals surface area contributed by atoms with Gasteiger partial charge >= 0.3 is 0 Å². The molecule has 0 aromatic heterocycles. The lowest BCUT2D eigenvalue weighted by atomic mass is 9.88. The van der Waals surface area contributed by atoms with Gasteiger partial charge in [0, 0.05) is 22.5 Å². The van der Waals surface area contributed by atoms with Crippen LogP contribution in [0.4, 0.5) is 22.7 Å². The van der Waals surface area contributed by atoms with E-state index < -0.39 is 0 Å². The fourth-order valence-corrected chi connectivity index (χ4v) is 5.43. The largest absolute Gasteiger partial charge is 0.475 e. The Hall–Kier alpha value is -4.58. The highest BCUT2D eigenvalue weighted by Gasteiger charge is 2.32. The van der Waals surface area contributed by atoms with E-state index in [9.17, 15) is 0 Å². The summed E-state index contributed by atoms with van der Waals surface area (Å²) in [6, 6.07) is 33.5. The number of benzene rings is 4. The van der Waals surface area contributed by atoms with Crippen molar-refractivity contribution in [2.24, 2.45) is 20.8 Å². The molecule has 226 valence electrons. The number of hydrogen-bond acceptors (Lipinski definition) is 6. The van der Waals surface area contributed by atoms with Gasteiger partial charge in [-0.3, -0.25) is 0 Å². The highest BCUT2D eigenvalue weighted by Crippen LogP contribution is 2.38. The molecule has 0 amide bonds. The Labute approximate surface area is 261 Å². The van der Waals surface area contributed by atoms with Gasteiger partial charge in [0.15, 0.2) is 0 Å². The Morgan fingerprint density at radius 2 is 0.773 bits per heavy atom. The second kappa shape index (κ2) is 11.8. The molecule has 0 unspecified atom stereocenters. The highest BCUT2D eigenvalue weighted by molar-refractivity contribution is 6.03. The number of anilines is 4. The summed E-state index contributed by atoms with van der Waals surface area (Å²) in [5.41, 5.74) is 8.03. The molecule has 6 heteroatoms. The van der Waals surface area contributed by atoms with Crippen molar-refractivity contribution in [1.82, 2.24) is 0 Å². The van der Waals surface area contributed by atoms with Crippen LogP contribution in [0.1, 0.15) is 52.7 Å². The molecule has 2 aliphatic heterocycles. The van der Waals surface area contributed by atoms with E-state index >= 15 is 0 Å². The lowest BCUT2D eigenvalue weighted by molar-refractivity contribution is 0.235. The quantitative estimate of drug-likeness (QED) is 0.227. The van der Waals surface area contributed by atoms with Crippen molar-refractivity contribution in [3.63, 3.8) is 0 Å². The monoisotopic (exact) mass is 586 g/mol. The van der Waals surface area contributed by atoms with Crippen LogP contribution in [0.3, 0.4) is 0 Å². The van der Waals surface area contributed by atoms with E-state index in [1.807, 2.05) is 24.3 Å². The summed E-state index contributed by atoms with van der Waals surface area (Å²) in [6.45, 7) is 14.4. The van der Waals surface area contributed by atoms with Gasteiger partial charge in [-0.15, -0.1) is 0 Å². The van der Waals surface area contributed by atoms with Gasteiger partial charge in [-0.2, -0.15) is 0 Å². The van der Waals surface area contributed by atoms with E-state index in [-0.39, 0.29) is 22.9 Å². The molecule has 2 heterocycles. The van der Waals surface area contributed by atoms with Gasteiger partial charge in [0.25, 0.3) is 0 Å². The third-order valence-electron chi connectivity index (χ3n) is 8.30. The van der Waals surface area contributed by atoms with Gasteiger partial charge in [-0.1, -0.05) is 102 Å². The second-order valence-electron chi connectivity index (χ2n) is 13.7. The van der Waals surface area contributed by atoms with Gasteiger partial charge in [0.1, 0.15) is 13.2 Å². The minimum absolute atomic E-state index is 0.0385. The van der Waals surface area contributed by atoms with Crippen LogP contribution < -0.4 is 10.6 Å². The molecule has 44 heavy (non-hydrogen) atoms. The average molecular weight is 587 g/mol. The lowest BCUT2D eigenvalue weighted by Crippen LogP contribution is -2.25. The van der Waals surface area contributed by atoms with Gasteiger partial charge in [0.2, 0.25) is 11.8 Å². The summed E-state index contributed by atoms with van der Waals surface area (Å²) in [6.07, 6.45) is 0. The summed E-state index contributed by atoms with van der Waals surface area (Å²) in [7, 11) is 0. The van der Waals surface area contributed by atoms with Crippen molar-refractivity contribution in [2.75, 3.05) is 23.8 Å². The van der Waals surface area contributed by atoms with Crippen LogP contribution in [-0.2, 0) is 9.47 Å². The normalized spacial score (nSPS) is 18.2. The number of para-hydroxylation sites is 4. The highest BCUT2D eigenvalue weighted by atomic mass is 16.5. The number of hydrogen-bond donors (Lipinski definition) is 2. The van der Waals surface area contributed by atoms with Crippen molar-refractivity contribution in [1.29, 1.82) is 0 Å². The molecule has 2 N–H and O–H groups in total. The zero-order valence-corrected chi connectivity index (χ0v) is 26.5. The van der Waals surface area contributed by atoms with Crippen LogP contribution in [0.15, 0.2) is 107 Å². The van der Waals surface area contributed by atoms with Crippen molar-refractivity contribution in [2.45, 2.75) is 53.6 Å². The van der Waals surface area contributed by atoms with Crippen molar-refractivity contribution >= 4 is 34.5 Å². The van der Waals surface area contributed by atoms with Crippen LogP contribution in [0.2, 0.25) is 0 Å². The first-order chi connectivity index (χ1) is 21.1. The summed E-state index contributed by atoms with van der Waals surface area (Å²) in [5.74, 6) is 1.38. The minimum Gasteiger partial charge on any atom is -0.475 e. The van der Waals surface area contributed by atoms with E-state index in [1.165, 1.54) is 0 Å². The Kier molecular flexibility index (Phi) is 7.93. The zero-order chi connectivity index (χ0) is 30.9. The standard InChI is InChI=1S/C38H42N4O2/c1-37(2,3)33-23-43-35(41-33)27-17-9-13-21-31(27)39-29-19-11-7-15-25(29)26-16-8-12-20-30(26)40-32-22-14-10-18-28(32)36-42-34(24-44-36)38(4,5)6/h7-22,33-34,39-40H,23-24H2,1-6H3/t33-,34-/m1/s1. The van der Waals surface area contributed by atoms with Gasteiger partial charge in [0.05, 0.1) is 34.6 Å². The molecule has 4 aromatic carbocycles. The third kappa shape index (κ3) is 6.21. The first-order valence-electron chi connectivity index (χ1n) is 15.4. The molecule has 0 aliphatic carbocycles. The SMILES string of the molecule is CC(C)(C)[C@H]1COC(c2ccccc2Nc2ccccc2-c2ccccc2Nc2ccccc2C2=N[C@@H](C(C)(C)C)CO2)=N1. The van der Waals surface area contributed by atoms with Crippen LogP contribution in [-0.4, -0.2) is 37.1 Å². The Morgan fingerprint density at radius 3 is 1.09 bits per heavy atom. The minimum atomic E-state index is 0.0385. The van der Waals surface area contributed by atoms with Crippen LogP contribution in [0.5, 0.6) is 0 Å². The van der Waals surface area contributed by atoms with Gasteiger partial charge in [-0.25, -0.2) is 9.98 Å². The average Bonchev–Trinajstić information content (AvgIpc) is 3.70. The molecule has 0 fully saturated rings. The third-order valence-corrected chi connectivity index (χ3v) is 8.30. The molecule has 2 aliphatic rings.